The third kappa shape index (κ3) is 6.83. The molecule has 0 N–H and O–H groups in total. The zero-order valence-corrected chi connectivity index (χ0v) is 26.1. The highest BCUT2D eigenvalue weighted by Crippen LogP contribution is 2.51. The van der Waals surface area contributed by atoms with E-state index in [1.165, 1.54) is 11.3 Å². The van der Waals surface area contributed by atoms with Crippen LogP contribution in [0.1, 0.15) is 103 Å². The minimum absolute atomic E-state index is 0.127. The Morgan fingerprint density at radius 2 is 1.87 bits per heavy atom. The number of benzene rings is 1. The van der Waals surface area contributed by atoms with Crippen molar-refractivity contribution in [3.05, 3.63) is 45.9 Å². The predicted octanol–water partition coefficient (Wildman–Crippen LogP) is 6.82. The molecule has 7 nitrogen and oxygen atoms in total. The van der Waals surface area contributed by atoms with Crippen molar-refractivity contribution < 1.29 is 23.8 Å². The van der Waals surface area contributed by atoms with Crippen LogP contribution in [0.25, 0.3) is 0 Å². The van der Waals surface area contributed by atoms with Gasteiger partial charge in [-0.25, -0.2) is 9.78 Å². The number of hydrogen-bond acceptors (Lipinski definition) is 7. The summed E-state index contributed by atoms with van der Waals surface area (Å²) < 4.78 is 17.7. The summed E-state index contributed by atoms with van der Waals surface area (Å²) in [5.74, 6) is 0.0349. The van der Waals surface area contributed by atoms with Gasteiger partial charge in [-0.1, -0.05) is 40.7 Å². The van der Waals surface area contributed by atoms with E-state index in [-0.39, 0.29) is 29.1 Å². The number of likely N-dealkylation sites (tertiary alicyclic amines) is 1. The second kappa shape index (κ2) is 12.0. The van der Waals surface area contributed by atoms with Crippen LogP contribution in [-0.2, 0) is 19.7 Å². The maximum absolute atomic E-state index is 14.7. The molecule has 2 aromatic rings. The number of methoxy groups -OCH3 is 1. The Labute approximate surface area is 238 Å². The van der Waals surface area contributed by atoms with Gasteiger partial charge in [0.2, 0.25) is 0 Å². The molecule has 0 radical (unpaired) electrons. The molecule has 1 aromatic heterocycles. The van der Waals surface area contributed by atoms with E-state index in [0.29, 0.717) is 37.4 Å². The average molecular weight is 559 g/mol. The first-order valence-electron chi connectivity index (χ1n) is 13.9. The Bertz CT molecular complexity index is 1130. The molecular formula is C31H46N2O5S. The highest BCUT2D eigenvalue weighted by atomic mass is 32.1. The van der Waals surface area contributed by atoms with Gasteiger partial charge >= 0.3 is 5.97 Å². The minimum Gasteiger partial charge on any atom is -0.496 e. The third-order valence-electron chi connectivity index (χ3n) is 7.08. The topological polar surface area (TPSA) is 78.0 Å². The molecule has 3 atom stereocenters. The van der Waals surface area contributed by atoms with Crippen molar-refractivity contribution in [1.29, 1.82) is 0 Å². The van der Waals surface area contributed by atoms with Crippen LogP contribution in [0.4, 0.5) is 0 Å². The molecule has 1 aliphatic heterocycles. The summed E-state index contributed by atoms with van der Waals surface area (Å²) >= 11 is 1.48. The first-order valence-corrected chi connectivity index (χ1v) is 14.8. The van der Waals surface area contributed by atoms with Gasteiger partial charge in [0.25, 0.3) is 5.91 Å². The van der Waals surface area contributed by atoms with Gasteiger partial charge in [-0.2, -0.15) is 0 Å². The van der Waals surface area contributed by atoms with Gasteiger partial charge < -0.3 is 19.1 Å². The van der Waals surface area contributed by atoms with E-state index in [1.807, 2.05) is 45.2 Å². The van der Waals surface area contributed by atoms with Crippen molar-refractivity contribution in [3.8, 4) is 5.75 Å². The maximum atomic E-state index is 14.7. The molecule has 0 saturated carbocycles. The van der Waals surface area contributed by atoms with E-state index in [1.54, 1.807) is 23.6 Å². The van der Waals surface area contributed by atoms with E-state index >= 15 is 0 Å². The zero-order valence-electron chi connectivity index (χ0n) is 25.3. The van der Waals surface area contributed by atoms with Crippen molar-refractivity contribution in [1.82, 2.24) is 9.88 Å². The van der Waals surface area contributed by atoms with Gasteiger partial charge in [-0.3, -0.25) is 4.79 Å². The van der Waals surface area contributed by atoms with Crippen LogP contribution < -0.4 is 4.74 Å². The lowest BCUT2D eigenvalue weighted by Crippen LogP contribution is -2.56. The highest BCUT2D eigenvalue weighted by molar-refractivity contribution is 7.07. The smallest absolute Gasteiger partial charge is 0.332 e. The van der Waals surface area contributed by atoms with Gasteiger partial charge in [-0.05, 0) is 69.6 Å². The highest BCUT2D eigenvalue weighted by Gasteiger charge is 2.60. The SMILES string of the molecule is CCOC[C@H]1C[C@@](CC(C)C)(C(=O)OC(C)(C)C)N(C(=O)c2ccc(C(C)(C)C)c(OC)c2)[C@H]1c1cscn1. The van der Waals surface area contributed by atoms with Crippen LogP contribution >= 0.6 is 11.3 Å². The Morgan fingerprint density at radius 1 is 1.18 bits per heavy atom. The van der Waals surface area contributed by atoms with Gasteiger partial charge in [0.1, 0.15) is 16.9 Å². The Morgan fingerprint density at radius 3 is 2.38 bits per heavy atom. The maximum Gasteiger partial charge on any atom is 0.332 e. The number of carbonyl (C=O) groups is 2. The zero-order chi connectivity index (χ0) is 29.2. The molecule has 0 spiro atoms. The number of ether oxygens (including phenoxy) is 3. The first-order chi connectivity index (χ1) is 18.1. The van der Waals surface area contributed by atoms with Crippen LogP contribution in [0, 0.1) is 11.8 Å². The summed E-state index contributed by atoms with van der Waals surface area (Å²) in [4.78, 5) is 35.3. The number of thiazole rings is 1. The van der Waals surface area contributed by atoms with Gasteiger partial charge in [0, 0.05) is 23.5 Å². The van der Waals surface area contributed by atoms with Crippen molar-refractivity contribution >= 4 is 23.2 Å². The van der Waals surface area contributed by atoms with Crippen molar-refractivity contribution in [2.45, 2.75) is 97.8 Å². The lowest BCUT2D eigenvalue weighted by molar-refractivity contribution is -0.168. The number of rotatable bonds is 9. The molecule has 1 saturated heterocycles. The molecule has 39 heavy (non-hydrogen) atoms. The molecule has 3 rings (SSSR count). The summed E-state index contributed by atoms with van der Waals surface area (Å²) in [6.07, 6.45) is 0.902. The fourth-order valence-corrected chi connectivity index (χ4v) is 6.26. The number of nitrogens with zero attached hydrogens (tertiary/aromatic N) is 2. The van der Waals surface area contributed by atoms with Crippen molar-refractivity contribution in [3.63, 3.8) is 0 Å². The molecule has 1 aromatic carbocycles. The van der Waals surface area contributed by atoms with Gasteiger partial charge in [-0.15, -0.1) is 11.3 Å². The summed E-state index contributed by atoms with van der Waals surface area (Å²) in [6, 6.07) is 5.16. The minimum atomic E-state index is -1.18. The van der Waals surface area contributed by atoms with Crippen LogP contribution in [-0.4, -0.2) is 53.2 Å². The quantitative estimate of drug-likeness (QED) is 0.315. The molecule has 1 amide bonds. The number of amides is 1. The molecule has 8 heteroatoms. The Balaban J connectivity index is 2.25. The summed E-state index contributed by atoms with van der Waals surface area (Å²) in [7, 11) is 1.62. The van der Waals surface area contributed by atoms with E-state index in [0.717, 1.165) is 11.3 Å². The second-order valence-electron chi connectivity index (χ2n) is 13.0. The Hall–Kier alpha value is -2.45. The van der Waals surface area contributed by atoms with Crippen molar-refractivity contribution in [2.75, 3.05) is 20.3 Å². The molecule has 216 valence electrons. The molecule has 1 fully saturated rings. The normalized spacial score (nSPS) is 21.9. The fraction of sp³-hybridized carbons (Fsp3) is 0.645. The molecule has 0 unspecified atom stereocenters. The molecule has 2 heterocycles. The second-order valence-corrected chi connectivity index (χ2v) is 13.7. The molecule has 0 aliphatic carbocycles. The monoisotopic (exact) mass is 558 g/mol. The Kier molecular flexibility index (Phi) is 9.54. The van der Waals surface area contributed by atoms with Crippen LogP contribution in [0.15, 0.2) is 29.1 Å². The van der Waals surface area contributed by atoms with E-state index in [9.17, 15) is 9.59 Å². The molecule has 0 bridgehead atoms. The number of hydrogen-bond donors (Lipinski definition) is 0. The number of esters is 1. The number of aromatic nitrogens is 1. The fourth-order valence-electron chi connectivity index (χ4n) is 5.68. The first kappa shape index (κ1) is 31.1. The third-order valence-corrected chi connectivity index (χ3v) is 7.68. The van der Waals surface area contributed by atoms with Crippen molar-refractivity contribution in [2.24, 2.45) is 11.8 Å². The van der Waals surface area contributed by atoms with E-state index in [4.69, 9.17) is 14.2 Å². The van der Waals surface area contributed by atoms with Gasteiger partial charge in [0.05, 0.1) is 31.0 Å². The predicted molar refractivity (Wildman–Crippen MR) is 155 cm³/mol. The number of carbonyl (C=O) groups excluding carboxylic acids is 2. The van der Waals surface area contributed by atoms with Crippen LogP contribution in [0.2, 0.25) is 0 Å². The average Bonchev–Trinajstić information content (AvgIpc) is 3.46. The molecular weight excluding hydrogens is 512 g/mol. The van der Waals surface area contributed by atoms with E-state index in [2.05, 4.69) is 39.6 Å². The lowest BCUT2D eigenvalue weighted by atomic mass is 9.83. The van der Waals surface area contributed by atoms with Gasteiger partial charge in [0.15, 0.2) is 0 Å². The summed E-state index contributed by atoms with van der Waals surface area (Å²) in [5.41, 5.74) is 1.97. The van der Waals surface area contributed by atoms with Crippen LogP contribution in [0.5, 0.6) is 5.75 Å². The molecule has 1 aliphatic rings. The van der Waals surface area contributed by atoms with Crippen LogP contribution in [0.3, 0.4) is 0 Å². The van der Waals surface area contributed by atoms with E-state index < -0.39 is 17.2 Å². The summed E-state index contributed by atoms with van der Waals surface area (Å²) in [6.45, 7) is 19.0. The largest absolute Gasteiger partial charge is 0.496 e. The summed E-state index contributed by atoms with van der Waals surface area (Å²) in [5, 5.41) is 1.97. The lowest BCUT2D eigenvalue weighted by Gasteiger charge is -2.41. The standard InChI is InChI=1S/C31H46N2O5S/c1-11-37-17-22-16-31(15-20(2)3,28(35)38-30(7,8)9)33(26(22)24-18-39-19-32-24)27(34)21-12-13-23(29(4,5)6)25(14-21)36-10/h12-14,18-20,22,26H,11,15-17H2,1-10H3/t22-,26-,31+/m1/s1.